The van der Waals surface area contributed by atoms with Gasteiger partial charge in [0.2, 0.25) is 41.4 Å². The number of carbonyl (C=O) groups excluding carboxylic acids is 8. The number of rotatable bonds is 6. The van der Waals surface area contributed by atoms with Crippen LogP contribution in [-0.2, 0) is 84.5 Å². The summed E-state index contributed by atoms with van der Waals surface area (Å²) in [5.41, 5.74) is 14.4. The van der Waals surface area contributed by atoms with Gasteiger partial charge in [-0.15, -0.1) is 0 Å². The van der Waals surface area contributed by atoms with E-state index in [0.717, 1.165) is 74.0 Å². The third-order valence-corrected chi connectivity index (χ3v) is 25.3. The minimum Gasteiger partial charge on any atom is -0.389 e. The first-order valence-corrected chi connectivity index (χ1v) is 43.0. The zero-order valence-corrected chi connectivity index (χ0v) is 89.0. The van der Waals surface area contributed by atoms with Crippen molar-refractivity contribution in [3.63, 3.8) is 0 Å². The normalized spacial score (nSPS) is 22.1. The molecule has 7 heterocycles. The molecule has 34 heteroatoms. The Morgan fingerprint density at radius 2 is 0.936 bits per heavy atom. The molecule has 1 saturated heterocycles. The molecule has 671 valence electrons. The van der Waals surface area contributed by atoms with Crippen molar-refractivity contribution < 1.29 is 136 Å². The average molecular weight is 2450 g/mol. The van der Waals surface area contributed by atoms with Gasteiger partial charge in [0.15, 0.2) is 5.69 Å². The number of aliphatic hydroxyl groups excluding tert-OH is 4. The number of anilines is 6. The fourth-order valence-electron chi connectivity index (χ4n) is 16.9. The number of ether oxygens (including phenoxy) is 1. The number of carbonyl (C=O) groups is 8. The van der Waals surface area contributed by atoms with Crippen molar-refractivity contribution in [3.05, 3.63) is 217 Å². The minimum absolute atomic E-state index is 0. The number of hydrogen-bond donors (Lipinski definition) is 10. The number of aliphatic hydroxyl groups is 4. The van der Waals surface area contributed by atoms with Crippen LogP contribution in [0, 0.1) is 37.7 Å². The minimum atomic E-state index is -0.992. The van der Waals surface area contributed by atoms with E-state index in [2.05, 4.69) is 121 Å². The number of nitrogens with one attached hydrogen (secondary N) is 5. The summed E-state index contributed by atoms with van der Waals surface area (Å²) in [4.78, 5) is 107. The first kappa shape index (κ1) is 109. The van der Waals surface area contributed by atoms with Crippen LogP contribution in [0.2, 0.25) is 10.0 Å². The van der Waals surface area contributed by atoms with Gasteiger partial charge in [-0.3, -0.25) is 38.4 Å². The number of halogens is 6. The summed E-state index contributed by atoms with van der Waals surface area (Å²) >= 11 is 25.7. The molecule has 14 rings (SSSR count). The maximum atomic E-state index is 12.6. The molecule has 1 fully saturated rings. The van der Waals surface area contributed by atoms with Gasteiger partial charge in [-0.05, 0) is 233 Å². The largest absolute Gasteiger partial charge is 0.389 e. The van der Waals surface area contributed by atoms with Crippen LogP contribution in [0.25, 0.3) is 10.9 Å². The molecule has 2 unspecified atom stereocenters. The topological polar surface area (TPSA) is 337 Å². The van der Waals surface area contributed by atoms with Crippen molar-refractivity contribution in [1.82, 2.24) is 21.3 Å². The number of likely N-dealkylation sites (N-methyl/N-ethyl adjacent to an activating group) is 1. The van der Waals surface area contributed by atoms with Gasteiger partial charge in [0, 0.05) is 195 Å². The molecular weight excluding hydrogens is 2330 g/mol. The molecule has 0 aromatic heterocycles. The molecule has 7 aromatic carbocycles. The number of fused-ring (bicyclic) bond motifs is 8. The van der Waals surface area contributed by atoms with E-state index < -0.39 is 64.7 Å². The molecule has 1 radical (unpaired) electrons. The zero-order chi connectivity index (χ0) is 90.3. The van der Waals surface area contributed by atoms with E-state index in [1.165, 1.54) is 39.5 Å². The third-order valence-electron chi connectivity index (χ3n) is 22.7. The van der Waals surface area contributed by atoms with Crippen LogP contribution >= 0.6 is 86.9 Å². The summed E-state index contributed by atoms with van der Waals surface area (Å²) in [7, 11) is 1.80. The van der Waals surface area contributed by atoms with E-state index in [1.807, 2.05) is 130 Å². The first-order chi connectivity index (χ1) is 56.2. The second kappa shape index (κ2) is 43.3. The third kappa shape index (κ3) is 23.6. The average Bonchev–Trinajstić information content (AvgIpc) is 1.51. The molecule has 0 bridgehead atoms. The summed E-state index contributed by atoms with van der Waals surface area (Å²) in [6.45, 7) is 40.6. The molecular formula is C91H112Br4Cl2N12O13UVW. The van der Waals surface area contributed by atoms with Crippen LogP contribution in [0.1, 0.15) is 220 Å². The molecule has 25 nitrogen and oxygen atoms in total. The quantitative estimate of drug-likeness (QED) is 0.0546. The first-order valence-electron chi connectivity index (χ1n) is 39.1. The second-order valence-corrected chi connectivity index (χ2v) is 38.5. The van der Waals surface area contributed by atoms with Crippen LogP contribution in [0.3, 0.4) is 0 Å². The Labute approximate surface area is 828 Å². The number of amides is 8. The molecule has 8 amide bonds. The fraction of sp³-hybridized carbons (Fsp3) is 0.418. The molecule has 0 aliphatic carbocycles. The molecule has 10 atom stereocenters. The molecule has 7 aromatic rings. The predicted molar refractivity (Wildman–Crippen MR) is 499 cm³/mol. The molecule has 125 heavy (non-hydrogen) atoms. The summed E-state index contributed by atoms with van der Waals surface area (Å²) in [5.74, 6) is -1.05. The van der Waals surface area contributed by atoms with Gasteiger partial charge in [-0.25, -0.2) is 4.85 Å². The Kier molecular flexibility index (Phi) is 37.9. The van der Waals surface area contributed by atoms with E-state index >= 15 is 0 Å². The van der Waals surface area contributed by atoms with Crippen molar-refractivity contribution in [2.24, 2.45) is 5.73 Å². The Morgan fingerprint density at radius 3 is 1.39 bits per heavy atom. The molecule has 11 N–H and O–H groups in total. The Morgan fingerprint density at radius 1 is 0.520 bits per heavy atom. The fourth-order valence-corrected chi connectivity index (χ4v) is 18.9. The Balaban J connectivity index is 0.000000317. The zero-order valence-electron chi connectivity index (χ0n) is 72.6. The van der Waals surface area contributed by atoms with Crippen molar-refractivity contribution in [2.75, 3.05) is 36.9 Å². The Hall–Kier alpha value is -6.13. The van der Waals surface area contributed by atoms with Gasteiger partial charge in [-0.2, -0.15) is 0 Å². The van der Waals surface area contributed by atoms with Crippen molar-refractivity contribution in [1.29, 1.82) is 0 Å². The number of nitrogens with zero attached hydrogens (tertiary/aromatic N) is 6. The van der Waals surface area contributed by atoms with Crippen LogP contribution in [0.15, 0.2) is 151 Å². The van der Waals surface area contributed by atoms with Gasteiger partial charge in [0.05, 0.1) is 87.6 Å². The van der Waals surface area contributed by atoms with Crippen LogP contribution in [0.5, 0.6) is 0 Å². The van der Waals surface area contributed by atoms with Crippen LogP contribution < -0.4 is 56.8 Å². The second-order valence-electron chi connectivity index (χ2n) is 34.0. The monoisotopic (exact) mass is 2440 g/mol. The van der Waals surface area contributed by atoms with E-state index in [1.54, 1.807) is 107 Å². The molecule has 7 aliphatic rings. The summed E-state index contributed by atoms with van der Waals surface area (Å²) < 4.78 is 9.50. The molecule has 0 spiro atoms. The maximum Gasteiger partial charge on any atom is 0.251 e. The van der Waals surface area contributed by atoms with E-state index in [0.29, 0.717) is 44.8 Å². The van der Waals surface area contributed by atoms with Crippen molar-refractivity contribution >= 4 is 180 Å². The maximum absolute atomic E-state index is 12.6. The molecule has 7 aliphatic heterocycles. The number of nitrogens with two attached hydrogens (primary N) is 1. The van der Waals surface area contributed by atoms with Gasteiger partial charge in [-0.1, -0.05) is 119 Å². The molecule has 0 saturated carbocycles. The number of epoxide rings is 1. The SMILES string of the molecule is C.CC(=O)N1c2ccc(Br)cc2C2OC2C1(C)C.CC(=O)N1c2ccc(Br)cc2C=CC1(C)C.CC(=O)N1c2ccc(Br)cc2[C@@H](N)[C@H](O)C1(C)C.CC(=O)N[C@@H]1c2cc(Br)ccc2N(C(C)=O)C(C)(C)[C@H]1O.CN[C@@H]1c2cc(C(=O)NCc3ccc(Cl)cc3Cl)ccc2NC(C)(C)[C@H]1O.[3HH].[C-]#[N+]c1ccc2c(c1)[C@@H](NC(C)=O)[C@H](O)C(C)(C)N2C(C)=O.[U].[V].[W]. The van der Waals surface area contributed by atoms with E-state index in [9.17, 15) is 58.8 Å². The number of benzene rings is 7. The van der Waals surface area contributed by atoms with Gasteiger partial charge in [0.25, 0.3) is 5.91 Å². The Bertz CT molecular complexity index is 5320. The van der Waals surface area contributed by atoms with Gasteiger partial charge < -0.3 is 82.0 Å². The van der Waals surface area contributed by atoms with Crippen molar-refractivity contribution in [3.8, 4) is 0 Å². The van der Waals surface area contributed by atoms with Gasteiger partial charge in [0.1, 0.15) is 24.4 Å². The van der Waals surface area contributed by atoms with Crippen molar-refractivity contribution in [2.45, 2.75) is 240 Å². The summed E-state index contributed by atoms with van der Waals surface area (Å²) in [6, 6.07) is 36.6. The number of hydrogen-bond acceptors (Lipinski definition) is 16. The smallest absolute Gasteiger partial charge is 0.251 e. The van der Waals surface area contributed by atoms with Crippen LogP contribution in [-0.4, -0.2) is 138 Å². The van der Waals surface area contributed by atoms with Gasteiger partial charge >= 0.3 is 0 Å². The van der Waals surface area contributed by atoms with E-state index in [4.69, 9.17) is 40.2 Å². The van der Waals surface area contributed by atoms with Crippen LogP contribution in [0.4, 0.5) is 39.8 Å². The van der Waals surface area contributed by atoms with E-state index in [-0.39, 0.29) is 156 Å². The predicted octanol–water partition coefficient (Wildman–Crippen LogP) is 17.3. The standard InChI is InChI=1S/C20H23Cl2N3O2.C16H19N3O3.C15H19BrN2O3.C13H17BrN2O2.C13H14BrNO2.C13H14BrNO.CH4.U.V.W.H2/c1-20(2)18(26)17(23-3)14-8-11(5-7-16(14)25-20)19(27)24-10-12-4-6-13(21)9-15(12)22;1-9(20)18-14-12-8-11(17-5)6-7-13(12)19(10(2)21)16(3,4)15(14)22;1-8(19)17-13-11-7-10(16)5-6-12(11)18(9(2)20)15(3,4)14(13)21;1-7(17)16-10-5-4-8(14)6-9(10)11(15)12(18)13(16,2)3;1-7(16)15-10-5-4-8(14)6-9(10)11-12(17-11)13(15,2)3;1-9(16)15-12-5-4-11(14)8-10(12)6-7-13(15,2)3;;;;;/h4-9,17-18,23,25-26H,10H2,1-3H3,(H,24,27);6-8,14-15,22H,1-4H3,(H,18,20);5-7,13-14,21H,1-4H3,(H,17,19);4-6,11-12,18H,15H2,1-3H3;4-6,11-12H,1-3H3;4-8H,1-3H3;1H4;;;;1H/t17-,18+;14-,15+;13-,14+;11-,12+;;;;;;;/m1111......./s1/i;;;;;;;;;;1+2. The summed E-state index contributed by atoms with van der Waals surface area (Å²) in [6.07, 6.45) is 1.05. The summed E-state index contributed by atoms with van der Waals surface area (Å²) in [5, 5.41) is 58.3.